The minimum absolute atomic E-state index is 0.0340. The summed E-state index contributed by atoms with van der Waals surface area (Å²) in [4.78, 5) is 19.5. The number of aromatic nitrogens is 2. The molecule has 124 valence electrons. The van der Waals surface area contributed by atoms with Crippen LogP contribution >= 0.6 is 11.8 Å². The number of nitrogens with one attached hydrogen (secondary N) is 2. The van der Waals surface area contributed by atoms with E-state index in [1.807, 2.05) is 55.5 Å². The van der Waals surface area contributed by atoms with Crippen LogP contribution in [0.1, 0.15) is 5.56 Å². The molecule has 0 aliphatic heterocycles. The van der Waals surface area contributed by atoms with Gasteiger partial charge in [0.2, 0.25) is 5.91 Å². The Labute approximate surface area is 144 Å². The van der Waals surface area contributed by atoms with Crippen LogP contribution in [0.4, 0.5) is 0 Å². The first-order valence-electron chi connectivity index (χ1n) is 7.74. The van der Waals surface area contributed by atoms with Gasteiger partial charge in [-0.2, -0.15) is 0 Å². The number of hydrogen-bond acceptors (Lipinski definition) is 4. The minimum atomic E-state index is -0.0340. The number of ether oxygens (including phenoxy) is 1. The fraction of sp³-hybridized carbons (Fsp3) is 0.222. The van der Waals surface area contributed by atoms with Crippen molar-refractivity contribution < 1.29 is 9.53 Å². The van der Waals surface area contributed by atoms with E-state index in [9.17, 15) is 4.79 Å². The lowest BCUT2D eigenvalue weighted by atomic mass is 10.2. The number of para-hydroxylation sites is 2. The van der Waals surface area contributed by atoms with Crippen LogP contribution in [0.15, 0.2) is 53.7 Å². The SMILES string of the molecule is Cc1cccc(OCCNC(=O)CSc2nc3ccccc3[nH]2)c1. The summed E-state index contributed by atoms with van der Waals surface area (Å²) in [7, 11) is 0. The first kappa shape index (κ1) is 16.4. The number of amides is 1. The normalized spacial score (nSPS) is 10.7. The number of rotatable bonds is 7. The molecule has 1 aromatic heterocycles. The molecule has 0 aliphatic rings. The van der Waals surface area contributed by atoms with Crippen LogP contribution in [0.25, 0.3) is 11.0 Å². The van der Waals surface area contributed by atoms with Crippen molar-refractivity contribution in [2.24, 2.45) is 0 Å². The lowest BCUT2D eigenvalue weighted by Crippen LogP contribution is -2.29. The molecule has 5 nitrogen and oxygen atoms in total. The Hall–Kier alpha value is -2.47. The topological polar surface area (TPSA) is 67.0 Å². The van der Waals surface area contributed by atoms with Gasteiger partial charge in [0.05, 0.1) is 23.3 Å². The highest BCUT2D eigenvalue weighted by Gasteiger charge is 2.06. The van der Waals surface area contributed by atoms with Gasteiger partial charge in [-0.3, -0.25) is 4.79 Å². The largest absolute Gasteiger partial charge is 0.492 e. The van der Waals surface area contributed by atoms with Gasteiger partial charge in [-0.15, -0.1) is 0 Å². The maximum Gasteiger partial charge on any atom is 0.230 e. The van der Waals surface area contributed by atoms with Crippen LogP contribution in [0.2, 0.25) is 0 Å². The van der Waals surface area contributed by atoms with E-state index in [0.717, 1.165) is 27.5 Å². The van der Waals surface area contributed by atoms with Crippen LogP contribution in [0.3, 0.4) is 0 Å². The fourth-order valence-electron chi connectivity index (χ4n) is 2.25. The Morgan fingerprint density at radius 1 is 1.25 bits per heavy atom. The number of aryl methyl sites for hydroxylation is 1. The van der Waals surface area contributed by atoms with Gasteiger partial charge < -0.3 is 15.0 Å². The van der Waals surface area contributed by atoms with Gasteiger partial charge in [0.1, 0.15) is 12.4 Å². The lowest BCUT2D eigenvalue weighted by molar-refractivity contribution is -0.118. The first-order valence-corrected chi connectivity index (χ1v) is 8.73. The van der Waals surface area contributed by atoms with E-state index in [0.29, 0.717) is 18.9 Å². The molecule has 0 radical (unpaired) electrons. The maximum absolute atomic E-state index is 11.9. The Morgan fingerprint density at radius 3 is 2.96 bits per heavy atom. The molecule has 1 heterocycles. The molecule has 6 heteroatoms. The zero-order valence-electron chi connectivity index (χ0n) is 13.4. The van der Waals surface area contributed by atoms with Gasteiger partial charge in [0, 0.05) is 0 Å². The van der Waals surface area contributed by atoms with E-state index in [2.05, 4.69) is 15.3 Å². The fourth-order valence-corrected chi connectivity index (χ4v) is 2.96. The predicted octanol–water partition coefficient (Wildman–Crippen LogP) is 3.16. The lowest BCUT2D eigenvalue weighted by Gasteiger charge is -2.08. The van der Waals surface area contributed by atoms with Crippen LogP contribution in [-0.4, -0.2) is 34.8 Å². The average Bonchev–Trinajstić information content (AvgIpc) is 3.00. The highest BCUT2D eigenvalue weighted by Crippen LogP contribution is 2.18. The number of thioether (sulfide) groups is 1. The van der Waals surface area contributed by atoms with Gasteiger partial charge in [-0.25, -0.2) is 4.98 Å². The highest BCUT2D eigenvalue weighted by atomic mass is 32.2. The first-order chi connectivity index (χ1) is 11.7. The highest BCUT2D eigenvalue weighted by molar-refractivity contribution is 7.99. The molecule has 0 saturated carbocycles. The predicted molar refractivity (Wildman–Crippen MR) is 96.5 cm³/mol. The van der Waals surface area contributed by atoms with E-state index < -0.39 is 0 Å². The van der Waals surface area contributed by atoms with Crippen molar-refractivity contribution in [2.45, 2.75) is 12.1 Å². The number of nitrogens with zero attached hydrogens (tertiary/aromatic N) is 1. The van der Waals surface area contributed by atoms with Gasteiger partial charge in [0.25, 0.3) is 0 Å². The molecule has 1 amide bonds. The number of benzene rings is 2. The molecule has 0 bridgehead atoms. The molecule has 0 fully saturated rings. The number of hydrogen-bond donors (Lipinski definition) is 2. The molecule has 3 aromatic rings. The van der Waals surface area contributed by atoms with Crippen molar-refractivity contribution in [3.63, 3.8) is 0 Å². The van der Waals surface area contributed by atoms with Crippen molar-refractivity contribution >= 4 is 28.7 Å². The van der Waals surface area contributed by atoms with Crippen LogP contribution in [0, 0.1) is 6.92 Å². The number of carbonyl (C=O) groups excluding carboxylic acids is 1. The zero-order chi connectivity index (χ0) is 16.8. The van der Waals surface area contributed by atoms with Crippen molar-refractivity contribution in [1.29, 1.82) is 0 Å². The number of carbonyl (C=O) groups is 1. The maximum atomic E-state index is 11.9. The summed E-state index contributed by atoms with van der Waals surface area (Å²) < 4.78 is 5.60. The Morgan fingerprint density at radius 2 is 2.12 bits per heavy atom. The number of fused-ring (bicyclic) bond motifs is 1. The third-order valence-corrected chi connectivity index (χ3v) is 4.26. The molecule has 0 saturated heterocycles. The second-order valence-corrected chi connectivity index (χ2v) is 6.33. The second kappa shape index (κ2) is 7.88. The van der Waals surface area contributed by atoms with E-state index in [1.54, 1.807) is 0 Å². The van der Waals surface area contributed by atoms with Gasteiger partial charge in [-0.1, -0.05) is 36.0 Å². The van der Waals surface area contributed by atoms with E-state index in [1.165, 1.54) is 11.8 Å². The summed E-state index contributed by atoms with van der Waals surface area (Å²) in [6, 6.07) is 15.7. The molecule has 0 unspecified atom stereocenters. The Bertz CT molecular complexity index is 799. The van der Waals surface area contributed by atoms with E-state index >= 15 is 0 Å². The molecule has 3 rings (SSSR count). The van der Waals surface area contributed by atoms with Crippen LogP contribution < -0.4 is 10.1 Å². The summed E-state index contributed by atoms with van der Waals surface area (Å²) in [5.74, 6) is 1.11. The van der Waals surface area contributed by atoms with Gasteiger partial charge in [0.15, 0.2) is 5.16 Å². The summed E-state index contributed by atoms with van der Waals surface area (Å²) in [5, 5.41) is 3.60. The number of aromatic amines is 1. The third kappa shape index (κ3) is 4.52. The standard InChI is InChI=1S/C18H19N3O2S/c1-13-5-4-6-14(11-13)23-10-9-19-17(22)12-24-18-20-15-7-2-3-8-16(15)21-18/h2-8,11H,9-10,12H2,1H3,(H,19,22)(H,20,21). The third-order valence-electron chi connectivity index (χ3n) is 3.39. The summed E-state index contributed by atoms with van der Waals surface area (Å²) in [5.41, 5.74) is 3.04. The van der Waals surface area contributed by atoms with Gasteiger partial charge in [-0.05, 0) is 36.8 Å². The zero-order valence-corrected chi connectivity index (χ0v) is 14.2. The molecule has 2 aromatic carbocycles. The van der Waals surface area contributed by atoms with Crippen molar-refractivity contribution in [2.75, 3.05) is 18.9 Å². The molecule has 0 aliphatic carbocycles. The second-order valence-electron chi connectivity index (χ2n) is 5.36. The summed E-state index contributed by atoms with van der Waals surface area (Å²) in [6.07, 6.45) is 0. The number of imidazole rings is 1. The van der Waals surface area contributed by atoms with Gasteiger partial charge >= 0.3 is 0 Å². The van der Waals surface area contributed by atoms with E-state index in [4.69, 9.17) is 4.74 Å². The van der Waals surface area contributed by atoms with Crippen LogP contribution in [-0.2, 0) is 4.79 Å². The molecule has 0 spiro atoms. The average molecular weight is 341 g/mol. The minimum Gasteiger partial charge on any atom is -0.492 e. The van der Waals surface area contributed by atoms with Crippen molar-refractivity contribution in [3.8, 4) is 5.75 Å². The monoisotopic (exact) mass is 341 g/mol. The molecular formula is C18H19N3O2S. The summed E-state index contributed by atoms with van der Waals surface area (Å²) in [6.45, 7) is 2.95. The van der Waals surface area contributed by atoms with Crippen molar-refractivity contribution in [1.82, 2.24) is 15.3 Å². The molecule has 24 heavy (non-hydrogen) atoms. The Kier molecular flexibility index (Phi) is 5.38. The molecular weight excluding hydrogens is 322 g/mol. The number of H-pyrrole nitrogens is 1. The molecule has 0 atom stereocenters. The summed E-state index contributed by atoms with van der Waals surface area (Å²) >= 11 is 1.39. The van der Waals surface area contributed by atoms with E-state index in [-0.39, 0.29) is 5.91 Å². The Balaban J connectivity index is 1.38. The molecule has 2 N–H and O–H groups in total. The van der Waals surface area contributed by atoms with Crippen molar-refractivity contribution in [3.05, 3.63) is 54.1 Å². The smallest absolute Gasteiger partial charge is 0.230 e. The quantitative estimate of drug-likeness (QED) is 0.512. The van der Waals surface area contributed by atoms with Crippen LogP contribution in [0.5, 0.6) is 5.75 Å².